The summed E-state index contributed by atoms with van der Waals surface area (Å²) >= 11 is 5.75. The third-order valence-corrected chi connectivity index (χ3v) is 5.45. The van der Waals surface area contributed by atoms with E-state index in [0.29, 0.717) is 29.8 Å². The first kappa shape index (κ1) is 13.8. The van der Waals surface area contributed by atoms with Crippen LogP contribution in [0.2, 0.25) is 0 Å². The summed E-state index contributed by atoms with van der Waals surface area (Å²) in [5, 5.41) is 0. The molecule has 0 spiro atoms. The van der Waals surface area contributed by atoms with Crippen LogP contribution in [-0.2, 0) is 15.9 Å². The van der Waals surface area contributed by atoms with Crippen LogP contribution in [0.4, 0.5) is 0 Å². The predicted molar refractivity (Wildman–Crippen MR) is 73.2 cm³/mol. The highest BCUT2D eigenvalue weighted by atomic mass is 35.5. The molecule has 1 saturated carbocycles. The van der Waals surface area contributed by atoms with E-state index >= 15 is 0 Å². The van der Waals surface area contributed by atoms with Crippen LogP contribution in [0.5, 0.6) is 0 Å². The minimum absolute atomic E-state index is 0.331. The van der Waals surface area contributed by atoms with Gasteiger partial charge < -0.3 is 0 Å². The van der Waals surface area contributed by atoms with Gasteiger partial charge in [0.1, 0.15) is 0 Å². The topological polar surface area (TPSA) is 37.4 Å². The number of hydrogen-bond acceptors (Lipinski definition) is 2. The standard InChI is InChI=1S/C13H18ClNO2S/c1-2-15(10-11-6-7-11)18(16,17)13-5-3-4-12(8-13)9-14/h3-5,8,11H,2,6-7,9-10H2,1H3. The molecule has 0 radical (unpaired) electrons. The van der Waals surface area contributed by atoms with Gasteiger partial charge in [0, 0.05) is 19.0 Å². The molecule has 2 rings (SSSR count). The lowest BCUT2D eigenvalue weighted by Gasteiger charge is -2.20. The van der Waals surface area contributed by atoms with Crippen LogP contribution < -0.4 is 0 Å². The molecule has 0 amide bonds. The van der Waals surface area contributed by atoms with E-state index in [2.05, 4.69) is 0 Å². The van der Waals surface area contributed by atoms with Gasteiger partial charge in [0.25, 0.3) is 0 Å². The third-order valence-electron chi connectivity index (χ3n) is 3.20. The van der Waals surface area contributed by atoms with E-state index in [1.165, 1.54) is 0 Å². The van der Waals surface area contributed by atoms with Crippen LogP contribution >= 0.6 is 11.6 Å². The number of benzene rings is 1. The van der Waals surface area contributed by atoms with Crippen LogP contribution in [0.3, 0.4) is 0 Å². The van der Waals surface area contributed by atoms with Crippen molar-refractivity contribution in [3.63, 3.8) is 0 Å². The van der Waals surface area contributed by atoms with Gasteiger partial charge in [-0.15, -0.1) is 11.6 Å². The summed E-state index contributed by atoms with van der Waals surface area (Å²) in [6.45, 7) is 3.04. The van der Waals surface area contributed by atoms with E-state index in [0.717, 1.165) is 18.4 Å². The van der Waals surface area contributed by atoms with E-state index < -0.39 is 10.0 Å². The molecule has 0 saturated heterocycles. The van der Waals surface area contributed by atoms with Crippen LogP contribution in [0.15, 0.2) is 29.2 Å². The van der Waals surface area contributed by atoms with Gasteiger partial charge in [-0.1, -0.05) is 19.1 Å². The van der Waals surface area contributed by atoms with E-state index in [-0.39, 0.29) is 0 Å². The Labute approximate surface area is 114 Å². The molecule has 5 heteroatoms. The van der Waals surface area contributed by atoms with Gasteiger partial charge >= 0.3 is 0 Å². The Morgan fingerprint density at radius 3 is 2.67 bits per heavy atom. The largest absolute Gasteiger partial charge is 0.243 e. The molecule has 3 nitrogen and oxygen atoms in total. The van der Waals surface area contributed by atoms with Crippen molar-refractivity contribution < 1.29 is 8.42 Å². The Hall–Kier alpha value is -0.580. The van der Waals surface area contributed by atoms with Crippen LogP contribution in [0.1, 0.15) is 25.3 Å². The minimum Gasteiger partial charge on any atom is -0.207 e. The van der Waals surface area contributed by atoms with Gasteiger partial charge in [-0.2, -0.15) is 4.31 Å². The number of alkyl halides is 1. The average Bonchev–Trinajstić information content (AvgIpc) is 3.19. The lowest BCUT2D eigenvalue weighted by molar-refractivity contribution is 0.412. The first-order valence-corrected chi connectivity index (χ1v) is 8.20. The van der Waals surface area contributed by atoms with Gasteiger partial charge in [0.15, 0.2) is 0 Å². The van der Waals surface area contributed by atoms with E-state index in [9.17, 15) is 8.42 Å². The number of nitrogens with zero attached hydrogens (tertiary/aromatic N) is 1. The zero-order valence-electron chi connectivity index (χ0n) is 10.5. The first-order chi connectivity index (χ1) is 8.57. The number of halogens is 1. The van der Waals surface area contributed by atoms with Gasteiger partial charge in [-0.3, -0.25) is 0 Å². The molecule has 0 heterocycles. The molecule has 1 aliphatic carbocycles. The van der Waals surface area contributed by atoms with Crippen molar-refractivity contribution in [2.45, 2.75) is 30.5 Å². The summed E-state index contributed by atoms with van der Waals surface area (Å²) in [4.78, 5) is 0.350. The van der Waals surface area contributed by atoms with Gasteiger partial charge in [-0.25, -0.2) is 8.42 Å². The fourth-order valence-corrected chi connectivity index (χ4v) is 3.69. The van der Waals surface area contributed by atoms with Crippen molar-refractivity contribution in [1.29, 1.82) is 0 Å². The van der Waals surface area contributed by atoms with E-state index in [1.807, 2.05) is 13.0 Å². The summed E-state index contributed by atoms with van der Waals surface area (Å²) in [6.07, 6.45) is 2.29. The second-order valence-corrected chi connectivity index (χ2v) is 6.89. The zero-order chi connectivity index (χ0) is 13.2. The SMILES string of the molecule is CCN(CC1CC1)S(=O)(=O)c1cccc(CCl)c1. The summed E-state index contributed by atoms with van der Waals surface area (Å²) in [5.41, 5.74) is 0.834. The molecule has 0 unspecified atom stereocenters. The Morgan fingerprint density at radius 1 is 1.39 bits per heavy atom. The fraction of sp³-hybridized carbons (Fsp3) is 0.538. The normalized spacial score (nSPS) is 16.2. The molecule has 0 bridgehead atoms. The maximum absolute atomic E-state index is 12.5. The molecular weight excluding hydrogens is 270 g/mol. The number of sulfonamides is 1. The molecule has 1 aromatic rings. The van der Waals surface area contributed by atoms with Crippen LogP contribution in [0.25, 0.3) is 0 Å². The smallest absolute Gasteiger partial charge is 0.207 e. The Balaban J connectivity index is 2.26. The van der Waals surface area contributed by atoms with E-state index in [4.69, 9.17) is 11.6 Å². The van der Waals surface area contributed by atoms with Gasteiger partial charge in [-0.05, 0) is 36.5 Å². The Morgan fingerprint density at radius 2 is 2.11 bits per heavy atom. The molecule has 100 valence electrons. The summed E-state index contributed by atoms with van der Waals surface area (Å²) in [6, 6.07) is 6.89. The summed E-state index contributed by atoms with van der Waals surface area (Å²) < 4.78 is 26.5. The lowest BCUT2D eigenvalue weighted by atomic mass is 10.2. The molecule has 0 aromatic heterocycles. The van der Waals surface area contributed by atoms with E-state index in [1.54, 1.807) is 22.5 Å². The minimum atomic E-state index is -3.36. The molecule has 1 fully saturated rings. The lowest BCUT2D eigenvalue weighted by Crippen LogP contribution is -2.32. The second kappa shape index (κ2) is 5.59. The zero-order valence-corrected chi connectivity index (χ0v) is 12.0. The maximum Gasteiger partial charge on any atom is 0.243 e. The average molecular weight is 288 g/mol. The van der Waals surface area contributed by atoms with Crippen LogP contribution in [0, 0.1) is 5.92 Å². The monoisotopic (exact) mass is 287 g/mol. The highest BCUT2D eigenvalue weighted by Crippen LogP contribution is 2.31. The highest BCUT2D eigenvalue weighted by Gasteiger charge is 2.30. The van der Waals surface area contributed by atoms with Gasteiger partial charge in [0.05, 0.1) is 4.90 Å². The second-order valence-electron chi connectivity index (χ2n) is 4.68. The summed E-state index contributed by atoms with van der Waals surface area (Å²) in [5.74, 6) is 0.883. The molecule has 1 aliphatic rings. The molecule has 18 heavy (non-hydrogen) atoms. The first-order valence-electron chi connectivity index (χ1n) is 6.23. The van der Waals surface area contributed by atoms with Crippen LogP contribution in [-0.4, -0.2) is 25.8 Å². The van der Waals surface area contributed by atoms with Gasteiger partial charge in [0.2, 0.25) is 10.0 Å². The van der Waals surface area contributed by atoms with Crippen molar-refractivity contribution in [2.24, 2.45) is 5.92 Å². The maximum atomic E-state index is 12.5. The molecule has 1 aromatic carbocycles. The predicted octanol–water partition coefficient (Wildman–Crippen LogP) is 2.85. The van der Waals surface area contributed by atoms with Crippen molar-refractivity contribution in [3.05, 3.63) is 29.8 Å². The number of rotatable bonds is 6. The van der Waals surface area contributed by atoms with Crippen molar-refractivity contribution >= 4 is 21.6 Å². The van der Waals surface area contributed by atoms with Crippen molar-refractivity contribution in [2.75, 3.05) is 13.1 Å². The summed E-state index contributed by atoms with van der Waals surface area (Å²) in [7, 11) is -3.36. The fourth-order valence-electron chi connectivity index (χ4n) is 1.92. The highest BCUT2D eigenvalue weighted by molar-refractivity contribution is 7.89. The Kier molecular flexibility index (Phi) is 4.30. The Bertz CT molecular complexity index is 511. The molecule has 0 atom stereocenters. The quantitative estimate of drug-likeness (QED) is 0.755. The molecular formula is C13H18ClNO2S. The molecule has 0 N–H and O–H groups in total. The molecule has 0 aliphatic heterocycles. The number of hydrogen-bond donors (Lipinski definition) is 0. The van der Waals surface area contributed by atoms with Crippen molar-refractivity contribution in [1.82, 2.24) is 4.31 Å². The third kappa shape index (κ3) is 3.05. The van der Waals surface area contributed by atoms with Crippen molar-refractivity contribution in [3.8, 4) is 0 Å².